The maximum atomic E-state index is 12.9. The van der Waals surface area contributed by atoms with Crippen molar-refractivity contribution in [3.63, 3.8) is 0 Å². The molecule has 1 aromatic heterocycles. The van der Waals surface area contributed by atoms with E-state index < -0.39 is 9.84 Å². The van der Waals surface area contributed by atoms with Crippen molar-refractivity contribution in [3.8, 4) is 0 Å². The minimum atomic E-state index is -3.25. The van der Waals surface area contributed by atoms with E-state index in [0.717, 1.165) is 36.0 Å². The van der Waals surface area contributed by atoms with E-state index in [1.165, 1.54) is 17.6 Å². The van der Waals surface area contributed by atoms with Crippen molar-refractivity contribution in [2.75, 3.05) is 19.3 Å². The lowest BCUT2D eigenvalue weighted by atomic mass is 9.72. The fraction of sp³-hybridized carbons (Fsp3) is 0.526. The van der Waals surface area contributed by atoms with Gasteiger partial charge in [0.2, 0.25) is 0 Å². The summed E-state index contributed by atoms with van der Waals surface area (Å²) in [5.41, 5.74) is -0.0308. The van der Waals surface area contributed by atoms with E-state index in [2.05, 4.69) is 24.1 Å². The lowest BCUT2D eigenvalue weighted by molar-refractivity contribution is -0.0377. The number of hydrogen-bond acceptors (Lipinski definition) is 5. The molecule has 0 saturated carbocycles. The number of piperidine rings is 3. The molecule has 4 heterocycles. The molecule has 0 radical (unpaired) electrons. The van der Waals surface area contributed by atoms with E-state index in [9.17, 15) is 13.2 Å². The van der Waals surface area contributed by atoms with Crippen molar-refractivity contribution in [2.24, 2.45) is 5.92 Å². The molecule has 26 heavy (non-hydrogen) atoms. The Morgan fingerprint density at radius 3 is 2.54 bits per heavy atom. The van der Waals surface area contributed by atoms with Crippen LogP contribution in [-0.2, 0) is 9.84 Å². The Morgan fingerprint density at radius 2 is 1.92 bits per heavy atom. The molecule has 2 bridgehead atoms. The number of fused-ring (bicyclic) bond motifs is 4. The average molecular weight is 393 g/mol. The van der Waals surface area contributed by atoms with Crippen LogP contribution < -0.4 is 5.32 Å². The first kappa shape index (κ1) is 17.9. The van der Waals surface area contributed by atoms with E-state index in [1.54, 1.807) is 18.2 Å². The Labute approximate surface area is 158 Å². The van der Waals surface area contributed by atoms with Gasteiger partial charge in [-0.2, -0.15) is 0 Å². The summed E-state index contributed by atoms with van der Waals surface area (Å²) in [5, 5.41) is 4.18. The summed E-state index contributed by atoms with van der Waals surface area (Å²) in [7, 11) is -3.25. The number of amides is 1. The third-order valence-corrected chi connectivity index (χ3v) is 8.22. The maximum Gasteiger partial charge on any atom is 0.261 e. The molecule has 3 aliphatic heterocycles. The van der Waals surface area contributed by atoms with Gasteiger partial charge in [0.05, 0.1) is 9.77 Å². The number of sulfone groups is 1. The molecule has 3 saturated heterocycles. The molecule has 1 unspecified atom stereocenters. The highest BCUT2D eigenvalue weighted by Crippen LogP contribution is 2.39. The highest BCUT2D eigenvalue weighted by atomic mass is 32.2. The summed E-state index contributed by atoms with van der Waals surface area (Å²) in [5.74, 6) is 0.476. The molecule has 7 heteroatoms. The topological polar surface area (TPSA) is 66.5 Å². The molecular formula is C19H24N2O3S2. The first-order valence-corrected chi connectivity index (χ1v) is 11.7. The molecule has 2 aromatic rings. The largest absolute Gasteiger partial charge is 0.346 e. The Bertz CT molecular complexity index is 970. The average Bonchev–Trinajstić information content (AvgIpc) is 3.01. The van der Waals surface area contributed by atoms with Gasteiger partial charge in [-0.1, -0.05) is 6.07 Å². The van der Waals surface area contributed by atoms with Crippen molar-refractivity contribution in [1.82, 2.24) is 10.2 Å². The van der Waals surface area contributed by atoms with Crippen molar-refractivity contribution < 1.29 is 13.2 Å². The van der Waals surface area contributed by atoms with Gasteiger partial charge in [-0.15, -0.1) is 11.3 Å². The molecule has 0 aliphatic carbocycles. The van der Waals surface area contributed by atoms with Gasteiger partial charge in [-0.05, 0) is 69.3 Å². The Hall–Kier alpha value is -1.44. The highest BCUT2D eigenvalue weighted by Gasteiger charge is 2.48. The third kappa shape index (κ3) is 2.96. The van der Waals surface area contributed by atoms with Crippen LogP contribution in [0.3, 0.4) is 0 Å². The number of nitrogens with one attached hydrogen (secondary N) is 1. The molecule has 0 spiro atoms. The summed E-state index contributed by atoms with van der Waals surface area (Å²) in [6.07, 6.45) is 3.47. The van der Waals surface area contributed by atoms with Gasteiger partial charge >= 0.3 is 0 Å². The predicted octanol–water partition coefficient (Wildman–Crippen LogP) is 2.91. The van der Waals surface area contributed by atoms with Crippen LogP contribution in [0.25, 0.3) is 10.1 Å². The van der Waals surface area contributed by atoms with Gasteiger partial charge in [-0.25, -0.2) is 8.42 Å². The van der Waals surface area contributed by atoms with Crippen LogP contribution in [0.1, 0.15) is 36.4 Å². The van der Waals surface area contributed by atoms with Gasteiger partial charge in [-0.3, -0.25) is 9.69 Å². The fourth-order valence-electron chi connectivity index (χ4n) is 4.44. The SMILES string of the molecule is CC1(C)C(NC(=O)c2cc3ccc(S(C)(=O)=O)cc3s2)C2CCN1CC2. The highest BCUT2D eigenvalue weighted by molar-refractivity contribution is 7.90. The van der Waals surface area contributed by atoms with Crippen LogP contribution in [0, 0.1) is 5.92 Å². The third-order valence-electron chi connectivity index (χ3n) is 6.02. The minimum Gasteiger partial charge on any atom is -0.346 e. The number of thiophene rings is 1. The molecule has 5 nitrogen and oxygen atoms in total. The Balaban J connectivity index is 1.60. The molecule has 1 atom stereocenters. The summed E-state index contributed by atoms with van der Waals surface area (Å²) < 4.78 is 24.3. The number of carbonyl (C=O) groups is 1. The second kappa shape index (κ2) is 6.04. The van der Waals surface area contributed by atoms with Crippen molar-refractivity contribution in [3.05, 3.63) is 29.1 Å². The van der Waals surface area contributed by atoms with E-state index in [-0.39, 0.29) is 22.4 Å². The lowest BCUT2D eigenvalue weighted by Gasteiger charge is -2.56. The van der Waals surface area contributed by atoms with Crippen molar-refractivity contribution in [1.29, 1.82) is 0 Å². The molecule has 140 valence electrons. The molecule has 3 aliphatic rings. The molecule has 1 amide bonds. The zero-order valence-corrected chi connectivity index (χ0v) is 16.9. The normalized spacial score (nSPS) is 27.6. The molecular weight excluding hydrogens is 368 g/mol. The summed E-state index contributed by atoms with van der Waals surface area (Å²) >= 11 is 1.35. The van der Waals surface area contributed by atoms with Gasteiger partial charge in [0.15, 0.2) is 9.84 Å². The van der Waals surface area contributed by atoms with Gasteiger partial charge in [0.25, 0.3) is 5.91 Å². The number of nitrogens with zero attached hydrogens (tertiary/aromatic N) is 1. The second-order valence-electron chi connectivity index (χ2n) is 8.01. The quantitative estimate of drug-likeness (QED) is 0.872. The lowest BCUT2D eigenvalue weighted by Crippen LogP contribution is -2.69. The van der Waals surface area contributed by atoms with E-state index in [0.29, 0.717) is 10.8 Å². The van der Waals surface area contributed by atoms with E-state index >= 15 is 0 Å². The van der Waals surface area contributed by atoms with Crippen molar-refractivity contribution in [2.45, 2.75) is 43.2 Å². The predicted molar refractivity (Wildman–Crippen MR) is 105 cm³/mol. The smallest absolute Gasteiger partial charge is 0.261 e. The number of benzene rings is 1. The van der Waals surface area contributed by atoms with E-state index in [1.807, 2.05) is 6.07 Å². The van der Waals surface area contributed by atoms with Crippen molar-refractivity contribution >= 4 is 37.2 Å². The van der Waals surface area contributed by atoms with Crippen LogP contribution in [0.4, 0.5) is 0 Å². The minimum absolute atomic E-state index is 0.0308. The number of carbonyl (C=O) groups excluding carboxylic acids is 1. The number of rotatable bonds is 3. The van der Waals surface area contributed by atoms with Gasteiger partial charge in [0.1, 0.15) is 0 Å². The van der Waals surface area contributed by atoms with Crippen LogP contribution in [-0.4, -0.2) is 50.2 Å². The molecule has 3 fully saturated rings. The monoisotopic (exact) mass is 392 g/mol. The molecule has 1 aromatic carbocycles. The van der Waals surface area contributed by atoms with Gasteiger partial charge < -0.3 is 5.32 Å². The first-order chi connectivity index (χ1) is 12.2. The molecule has 1 N–H and O–H groups in total. The maximum absolute atomic E-state index is 12.9. The van der Waals surface area contributed by atoms with Crippen LogP contribution >= 0.6 is 11.3 Å². The fourth-order valence-corrected chi connectivity index (χ4v) is 6.17. The van der Waals surface area contributed by atoms with Crippen LogP contribution in [0.5, 0.6) is 0 Å². The van der Waals surface area contributed by atoms with E-state index in [4.69, 9.17) is 0 Å². The zero-order chi connectivity index (χ0) is 18.7. The molecule has 5 rings (SSSR count). The Kier molecular flexibility index (Phi) is 4.17. The Morgan fingerprint density at radius 1 is 1.23 bits per heavy atom. The standard InChI is InChI=1S/C19H24N2O3S2/c1-19(2)17(12-6-8-21(19)9-7-12)20-18(22)16-10-13-4-5-14(26(3,23)24)11-15(13)25-16/h4-5,10-12,17H,6-9H2,1-3H3,(H,20,22). The van der Waals surface area contributed by atoms with Gasteiger partial charge in [0, 0.05) is 22.5 Å². The van der Waals surface area contributed by atoms with Crippen LogP contribution in [0.2, 0.25) is 0 Å². The summed E-state index contributed by atoms with van der Waals surface area (Å²) in [4.78, 5) is 16.3. The zero-order valence-electron chi connectivity index (χ0n) is 15.3. The summed E-state index contributed by atoms with van der Waals surface area (Å²) in [6, 6.07) is 7.04. The number of hydrogen-bond donors (Lipinski definition) is 1. The first-order valence-electron chi connectivity index (χ1n) is 8.96. The van der Waals surface area contributed by atoms with Crippen LogP contribution in [0.15, 0.2) is 29.2 Å². The summed E-state index contributed by atoms with van der Waals surface area (Å²) in [6.45, 7) is 6.65. The second-order valence-corrected chi connectivity index (χ2v) is 11.1.